The molecule has 0 N–H and O–H groups in total. The van der Waals surface area contributed by atoms with Crippen LogP contribution in [0.25, 0.3) is 0 Å². The van der Waals surface area contributed by atoms with E-state index in [9.17, 15) is 14.4 Å². The maximum atomic E-state index is 12.9. The zero-order valence-corrected chi connectivity index (χ0v) is 48.0. The zero-order valence-electron chi connectivity index (χ0n) is 48.0. The summed E-state index contributed by atoms with van der Waals surface area (Å²) in [6.07, 6.45) is 71.8. The van der Waals surface area contributed by atoms with Gasteiger partial charge in [0.15, 0.2) is 6.10 Å². The Hall–Kier alpha value is -2.11. The zero-order chi connectivity index (χ0) is 51.4. The number of esters is 3. The number of carbonyl (C=O) groups excluding carboxylic acids is 3. The van der Waals surface area contributed by atoms with E-state index >= 15 is 0 Å². The Labute approximate surface area is 443 Å². The topological polar surface area (TPSA) is 78.9 Å². The predicted molar refractivity (Wildman–Crippen MR) is 307 cm³/mol. The van der Waals surface area contributed by atoms with E-state index in [0.717, 1.165) is 57.8 Å². The summed E-state index contributed by atoms with van der Waals surface area (Å²) >= 11 is 0. The molecule has 418 valence electrons. The number of ether oxygens (including phenoxy) is 3. The van der Waals surface area contributed by atoms with Crippen LogP contribution in [0.2, 0.25) is 0 Å². The summed E-state index contributed by atoms with van der Waals surface area (Å²) in [4.78, 5) is 38.3. The van der Waals surface area contributed by atoms with Crippen molar-refractivity contribution in [3.63, 3.8) is 0 Å². The summed E-state index contributed by atoms with van der Waals surface area (Å²) in [5, 5.41) is 0. The second kappa shape index (κ2) is 60.4. The van der Waals surface area contributed by atoms with Gasteiger partial charge in [-0.05, 0) is 70.6 Å². The molecule has 0 aromatic heterocycles. The van der Waals surface area contributed by atoms with Crippen LogP contribution in [0.5, 0.6) is 0 Å². The normalized spacial score (nSPS) is 12.1. The minimum Gasteiger partial charge on any atom is -0.462 e. The number of allylic oxidation sites excluding steroid dienone is 4. The van der Waals surface area contributed by atoms with Crippen LogP contribution in [0.1, 0.15) is 355 Å². The van der Waals surface area contributed by atoms with Crippen molar-refractivity contribution in [2.45, 2.75) is 361 Å². The minimum atomic E-state index is -0.770. The maximum Gasteiger partial charge on any atom is 0.306 e. The first-order valence-electron chi connectivity index (χ1n) is 31.8. The summed E-state index contributed by atoms with van der Waals surface area (Å²) < 4.78 is 16.9. The van der Waals surface area contributed by atoms with E-state index in [-0.39, 0.29) is 31.1 Å². The van der Waals surface area contributed by atoms with Crippen molar-refractivity contribution in [1.82, 2.24) is 0 Å². The monoisotopic (exact) mass is 999 g/mol. The van der Waals surface area contributed by atoms with E-state index in [4.69, 9.17) is 14.2 Å². The van der Waals surface area contributed by atoms with Crippen LogP contribution in [0, 0.1) is 0 Å². The smallest absolute Gasteiger partial charge is 0.306 e. The molecule has 0 spiro atoms. The second-order valence-corrected chi connectivity index (χ2v) is 21.7. The molecule has 0 unspecified atom stereocenters. The highest BCUT2D eigenvalue weighted by Gasteiger charge is 2.19. The Balaban J connectivity index is 4.31. The highest BCUT2D eigenvalue weighted by Crippen LogP contribution is 2.17. The average molecular weight is 1000 g/mol. The Morgan fingerprint density at radius 3 is 0.718 bits per heavy atom. The standard InChI is InChI=1S/C65H122O6/c1-4-7-10-13-16-19-22-25-28-30-31-32-33-35-38-41-44-47-50-53-56-59-65(68)71-62(60-69-63(66)57-54-51-48-45-42-39-36-27-24-21-18-15-12-9-6-3)61-70-64(67)58-55-52-49-46-43-40-37-34-29-26-23-20-17-14-11-8-5-2/h21,24-25,28,62H,4-20,22-23,26-27,29-61H2,1-3H3/b24-21-,28-25-/t62-/m1/s1. The maximum absolute atomic E-state index is 12.9. The van der Waals surface area contributed by atoms with E-state index in [1.54, 1.807) is 0 Å². The Kier molecular flexibility index (Phi) is 58.6. The predicted octanol–water partition coefficient (Wildman–Crippen LogP) is 21.4. The van der Waals surface area contributed by atoms with Gasteiger partial charge in [0, 0.05) is 19.3 Å². The van der Waals surface area contributed by atoms with Gasteiger partial charge >= 0.3 is 17.9 Å². The van der Waals surface area contributed by atoms with Crippen molar-refractivity contribution in [3.8, 4) is 0 Å². The van der Waals surface area contributed by atoms with Crippen LogP contribution in [-0.4, -0.2) is 37.2 Å². The molecule has 0 heterocycles. The van der Waals surface area contributed by atoms with Crippen LogP contribution in [0.15, 0.2) is 24.3 Å². The van der Waals surface area contributed by atoms with Gasteiger partial charge in [0.2, 0.25) is 0 Å². The lowest BCUT2D eigenvalue weighted by atomic mass is 10.0. The van der Waals surface area contributed by atoms with E-state index in [0.29, 0.717) is 19.3 Å². The molecule has 0 aromatic carbocycles. The van der Waals surface area contributed by atoms with Gasteiger partial charge in [-0.3, -0.25) is 14.4 Å². The molecule has 0 rings (SSSR count). The first-order valence-corrected chi connectivity index (χ1v) is 31.8. The number of unbranched alkanes of at least 4 members (excludes halogenated alkanes) is 44. The molecule has 0 bridgehead atoms. The third kappa shape index (κ3) is 58.7. The molecule has 71 heavy (non-hydrogen) atoms. The van der Waals surface area contributed by atoms with Crippen molar-refractivity contribution in [1.29, 1.82) is 0 Å². The largest absolute Gasteiger partial charge is 0.462 e. The van der Waals surface area contributed by atoms with Crippen LogP contribution < -0.4 is 0 Å². The molecule has 0 aliphatic rings. The lowest BCUT2D eigenvalue weighted by Crippen LogP contribution is -2.30. The molecular weight excluding hydrogens is 877 g/mol. The second-order valence-electron chi connectivity index (χ2n) is 21.7. The highest BCUT2D eigenvalue weighted by molar-refractivity contribution is 5.71. The summed E-state index contributed by atoms with van der Waals surface area (Å²) in [6.45, 7) is 6.69. The molecule has 0 aliphatic carbocycles. The molecular formula is C65H122O6. The van der Waals surface area contributed by atoms with E-state index in [1.807, 2.05) is 0 Å². The average Bonchev–Trinajstić information content (AvgIpc) is 3.37. The Bertz CT molecular complexity index is 1150. The fraction of sp³-hybridized carbons (Fsp3) is 0.892. The van der Waals surface area contributed by atoms with Crippen LogP contribution >= 0.6 is 0 Å². The number of hydrogen-bond acceptors (Lipinski definition) is 6. The SMILES string of the molecule is CCCCCC/C=C\CCCCCCCCCC(=O)OC[C@H](COC(=O)CCCCCCCCCCCCCCCCCCC)OC(=O)CCCCCCCCCCCCC/C=C\CCCCCCCC. The van der Waals surface area contributed by atoms with Crippen LogP contribution in [0.3, 0.4) is 0 Å². The van der Waals surface area contributed by atoms with Gasteiger partial charge in [-0.2, -0.15) is 0 Å². The summed E-state index contributed by atoms with van der Waals surface area (Å²) in [7, 11) is 0. The van der Waals surface area contributed by atoms with Crippen molar-refractivity contribution in [2.24, 2.45) is 0 Å². The van der Waals surface area contributed by atoms with Crippen LogP contribution in [0.4, 0.5) is 0 Å². The quantitative estimate of drug-likeness (QED) is 0.0261. The molecule has 6 heteroatoms. The van der Waals surface area contributed by atoms with Gasteiger partial charge in [0.05, 0.1) is 0 Å². The van der Waals surface area contributed by atoms with Gasteiger partial charge in [-0.1, -0.05) is 289 Å². The molecule has 0 saturated heterocycles. The molecule has 0 aliphatic heterocycles. The first kappa shape index (κ1) is 68.9. The third-order valence-electron chi connectivity index (χ3n) is 14.4. The van der Waals surface area contributed by atoms with Gasteiger partial charge in [-0.25, -0.2) is 0 Å². The van der Waals surface area contributed by atoms with Crippen molar-refractivity contribution in [2.75, 3.05) is 13.2 Å². The Morgan fingerprint density at radius 2 is 0.465 bits per heavy atom. The lowest BCUT2D eigenvalue weighted by molar-refractivity contribution is -0.167. The molecule has 0 amide bonds. The van der Waals surface area contributed by atoms with Gasteiger partial charge in [-0.15, -0.1) is 0 Å². The van der Waals surface area contributed by atoms with Gasteiger partial charge in [0.1, 0.15) is 13.2 Å². The van der Waals surface area contributed by atoms with E-state index in [2.05, 4.69) is 45.1 Å². The molecule has 0 aromatic rings. The third-order valence-corrected chi connectivity index (χ3v) is 14.4. The molecule has 0 radical (unpaired) electrons. The summed E-state index contributed by atoms with van der Waals surface area (Å²) in [6, 6.07) is 0. The number of carbonyl (C=O) groups is 3. The van der Waals surface area contributed by atoms with E-state index in [1.165, 1.54) is 257 Å². The highest BCUT2D eigenvalue weighted by atomic mass is 16.6. The molecule has 1 atom stereocenters. The lowest BCUT2D eigenvalue weighted by Gasteiger charge is -2.18. The van der Waals surface area contributed by atoms with Crippen molar-refractivity contribution >= 4 is 17.9 Å². The summed E-state index contributed by atoms with van der Waals surface area (Å²) in [5.74, 6) is -0.847. The van der Waals surface area contributed by atoms with Gasteiger partial charge < -0.3 is 14.2 Å². The number of hydrogen-bond donors (Lipinski definition) is 0. The molecule has 0 saturated carbocycles. The van der Waals surface area contributed by atoms with Crippen LogP contribution in [-0.2, 0) is 28.6 Å². The fourth-order valence-electron chi connectivity index (χ4n) is 9.61. The number of rotatable bonds is 59. The van der Waals surface area contributed by atoms with Crippen molar-refractivity contribution < 1.29 is 28.6 Å². The molecule has 0 fully saturated rings. The summed E-state index contributed by atoms with van der Waals surface area (Å²) in [5.41, 5.74) is 0. The Morgan fingerprint density at radius 1 is 0.268 bits per heavy atom. The van der Waals surface area contributed by atoms with E-state index < -0.39 is 6.10 Å². The minimum absolute atomic E-state index is 0.0675. The fourth-order valence-corrected chi connectivity index (χ4v) is 9.61. The molecule has 6 nitrogen and oxygen atoms in total. The van der Waals surface area contributed by atoms with Crippen molar-refractivity contribution in [3.05, 3.63) is 24.3 Å². The first-order chi connectivity index (χ1) is 35.0. The van der Waals surface area contributed by atoms with Gasteiger partial charge in [0.25, 0.3) is 0 Å².